The molecule has 5 heteroatoms. The van der Waals surface area contributed by atoms with Gasteiger partial charge in [-0.05, 0) is 31.7 Å². The van der Waals surface area contributed by atoms with Crippen LogP contribution >= 0.6 is 0 Å². The van der Waals surface area contributed by atoms with Gasteiger partial charge in [0.05, 0.1) is 11.8 Å². The van der Waals surface area contributed by atoms with Crippen molar-refractivity contribution >= 4 is 11.8 Å². The molecule has 0 saturated heterocycles. The molecule has 21 heavy (non-hydrogen) atoms. The maximum absolute atomic E-state index is 12.5. The highest BCUT2D eigenvalue weighted by molar-refractivity contribution is 5.97. The largest absolute Gasteiger partial charge is 0.472 e. The summed E-state index contributed by atoms with van der Waals surface area (Å²) in [4.78, 5) is 26.2. The summed E-state index contributed by atoms with van der Waals surface area (Å²) in [7, 11) is 1.84. The summed E-state index contributed by atoms with van der Waals surface area (Å²) in [6.07, 6.45) is 7.44. The van der Waals surface area contributed by atoms with Crippen molar-refractivity contribution in [2.75, 3.05) is 7.05 Å². The molecule has 1 aliphatic rings. The van der Waals surface area contributed by atoms with Crippen LogP contribution in [-0.4, -0.2) is 35.8 Å². The first kappa shape index (κ1) is 15.6. The highest BCUT2D eigenvalue weighted by Gasteiger charge is 2.30. The molecule has 116 valence electrons. The van der Waals surface area contributed by atoms with E-state index in [-0.39, 0.29) is 17.9 Å². The molecule has 0 radical (unpaired) electrons. The van der Waals surface area contributed by atoms with Crippen LogP contribution in [0, 0.1) is 5.92 Å². The number of nitrogens with one attached hydrogen (secondary N) is 1. The van der Waals surface area contributed by atoms with Gasteiger partial charge >= 0.3 is 0 Å². The summed E-state index contributed by atoms with van der Waals surface area (Å²) in [5.41, 5.74) is 0.434. The van der Waals surface area contributed by atoms with Gasteiger partial charge in [0.1, 0.15) is 12.3 Å². The normalized spacial score (nSPS) is 23.4. The third-order valence-corrected chi connectivity index (χ3v) is 4.41. The van der Waals surface area contributed by atoms with E-state index in [0.717, 1.165) is 12.8 Å². The van der Waals surface area contributed by atoms with Crippen LogP contribution in [0.4, 0.5) is 0 Å². The molecule has 0 unspecified atom stereocenters. The number of hydrogen-bond acceptors (Lipinski definition) is 3. The summed E-state index contributed by atoms with van der Waals surface area (Å²) in [6.45, 7) is 3.92. The molecule has 2 rings (SSSR count). The standard InChI is InChI=1S/C16H24N2O3/c1-11-6-4-5-7-14(11)18(3)16(20)12(2)17-15(19)13-8-9-21-10-13/h8-12,14H,4-7H2,1-3H3,(H,17,19)/t11-,12+,14+/m1/s1. The van der Waals surface area contributed by atoms with Crippen molar-refractivity contribution in [3.05, 3.63) is 24.2 Å². The molecule has 1 fully saturated rings. The van der Waals surface area contributed by atoms with Crippen molar-refractivity contribution in [2.24, 2.45) is 5.92 Å². The number of furan rings is 1. The third-order valence-electron chi connectivity index (χ3n) is 4.41. The van der Waals surface area contributed by atoms with Crippen molar-refractivity contribution in [1.29, 1.82) is 0 Å². The fraction of sp³-hybridized carbons (Fsp3) is 0.625. The molecule has 0 aliphatic heterocycles. The molecular weight excluding hydrogens is 268 g/mol. The van der Waals surface area contributed by atoms with E-state index in [1.165, 1.54) is 25.4 Å². The Morgan fingerprint density at radius 3 is 2.71 bits per heavy atom. The zero-order valence-electron chi connectivity index (χ0n) is 13.0. The van der Waals surface area contributed by atoms with Crippen LogP contribution in [0.5, 0.6) is 0 Å². The van der Waals surface area contributed by atoms with Crippen molar-refractivity contribution in [1.82, 2.24) is 10.2 Å². The average Bonchev–Trinajstić information content (AvgIpc) is 3.00. The Bertz CT molecular complexity index is 484. The van der Waals surface area contributed by atoms with Crippen molar-refractivity contribution in [3.8, 4) is 0 Å². The summed E-state index contributed by atoms with van der Waals surface area (Å²) in [5, 5.41) is 2.73. The highest BCUT2D eigenvalue weighted by Crippen LogP contribution is 2.27. The third kappa shape index (κ3) is 3.65. The van der Waals surface area contributed by atoms with Crippen LogP contribution in [0.25, 0.3) is 0 Å². The molecule has 1 N–H and O–H groups in total. The van der Waals surface area contributed by atoms with Gasteiger partial charge in [-0.25, -0.2) is 0 Å². The van der Waals surface area contributed by atoms with Gasteiger partial charge in [0.2, 0.25) is 5.91 Å². The minimum atomic E-state index is -0.536. The molecule has 2 amide bonds. The second-order valence-corrected chi connectivity index (χ2v) is 5.99. The second kappa shape index (κ2) is 6.78. The summed E-state index contributed by atoms with van der Waals surface area (Å²) >= 11 is 0. The van der Waals surface area contributed by atoms with E-state index in [9.17, 15) is 9.59 Å². The van der Waals surface area contributed by atoms with Gasteiger partial charge in [0, 0.05) is 13.1 Å². The molecule has 1 aromatic heterocycles. The highest BCUT2D eigenvalue weighted by atomic mass is 16.3. The molecule has 3 atom stereocenters. The fourth-order valence-corrected chi connectivity index (χ4v) is 3.08. The Morgan fingerprint density at radius 2 is 2.10 bits per heavy atom. The van der Waals surface area contributed by atoms with Crippen LogP contribution in [0.1, 0.15) is 49.9 Å². The minimum Gasteiger partial charge on any atom is -0.472 e. The van der Waals surface area contributed by atoms with Gasteiger partial charge in [-0.2, -0.15) is 0 Å². The topological polar surface area (TPSA) is 62.6 Å². The maximum Gasteiger partial charge on any atom is 0.255 e. The number of hydrogen-bond donors (Lipinski definition) is 1. The Kier molecular flexibility index (Phi) is 5.04. The first-order valence-electron chi connectivity index (χ1n) is 7.60. The van der Waals surface area contributed by atoms with Gasteiger partial charge in [-0.15, -0.1) is 0 Å². The quantitative estimate of drug-likeness (QED) is 0.927. The number of nitrogens with zero attached hydrogens (tertiary/aromatic N) is 1. The maximum atomic E-state index is 12.5. The Morgan fingerprint density at radius 1 is 1.38 bits per heavy atom. The van der Waals surface area contributed by atoms with Crippen LogP contribution in [0.3, 0.4) is 0 Å². The van der Waals surface area contributed by atoms with E-state index in [4.69, 9.17) is 4.42 Å². The Balaban J connectivity index is 1.93. The van der Waals surface area contributed by atoms with Crippen molar-refractivity contribution < 1.29 is 14.0 Å². The first-order chi connectivity index (χ1) is 10.0. The molecule has 0 aromatic carbocycles. The lowest BCUT2D eigenvalue weighted by atomic mass is 9.85. The summed E-state index contributed by atoms with van der Waals surface area (Å²) in [6, 6.07) is 1.32. The fourth-order valence-electron chi connectivity index (χ4n) is 3.08. The van der Waals surface area contributed by atoms with Crippen LogP contribution in [0.2, 0.25) is 0 Å². The molecule has 5 nitrogen and oxygen atoms in total. The van der Waals surface area contributed by atoms with Gasteiger partial charge in [0.15, 0.2) is 0 Å². The Hall–Kier alpha value is -1.78. The summed E-state index contributed by atoms with van der Waals surface area (Å²) < 4.78 is 4.88. The molecule has 1 saturated carbocycles. The smallest absolute Gasteiger partial charge is 0.255 e. The molecule has 1 aromatic rings. The SMILES string of the molecule is C[C@H](NC(=O)c1ccoc1)C(=O)N(C)[C@H]1CCCC[C@H]1C. The summed E-state index contributed by atoms with van der Waals surface area (Å²) in [5.74, 6) is 0.199. The lowest BCUT2D eigenvalue weighted by Gasteiger charge is -2.37. The zero-order chi connectivity index (χ0) is 15.4. The van der Waals surface area contributed by atoms with E-state index < -0.39 is 6.04 Å². The lowest BCUT2D eigenvalue weighted by Crippen LogP contribution is -2.51. The number of carbonyl (C=O) groups excluding carboxylic acids is 2. The van der Waals surface area contributed by atoms with E-state index in [1.54, 1.807) is 13.0 Å². The van der Waals surface area contributed by atoms with E-state index in [2.05, 4.69) is 12.2 Å². The van der Waals surface area contributed by atoms with E-state index in [1.807, 2.05) is 11.9 Å². The molecule has 1 aliphatic carbocycles. The first-order valence-corrected chi connectivity index (χ1v) is 7.60. The predicted molar refractivity (Wildman–Crippen MR) is 79.8 cm³/mol. The number of likely N-dealkylation sites (N-methyl/N-ethyl adjacent to an activating group) is 1. The number of carbonyl (C=O) groups is 2. The van der Waals surface area contributed by atoms with Crippen molar-refractivity contribution in [2.45, 2.75) is 51.6 Å². The van der Waals surface area contributed by atoms with Crippen LogP contribution < -0.4 is 5.32 Å². The molecular formula is C16H24N2O3. The van der Waals surface area contributed by atoms with Crippen LogP contribution in [-0.2, 0) is 4.79 Å². The predicted octanol–water partition coefficient (Wildman–Crippen LogP) is 2.44. The average molecular weight is 292 g/mol. The zero-order valence-corrected chi connectivity index (χ0v) is 13.0. The van der Waals surface area contributed by atoms with Gasteiger partial charge < -0.3 is 14.6 Å². The lowest BCUT2D eigenvalue weighted by molar-refractivity contribution is -0.135. The number of rotatable bonds is 4. The van der Waals surface area contributed by atoms with E-state index >= 15 is 0 Å². The number of amides is 2. The minimum absolute atomic E-state index is 0.0365. The molecule has 1 heterocycles. The van der Waals surface area contributed by atoms with Crippen molar-refractivity contribution in [3.63, 3.8) is 0 Å². The van der Waals surface area contributed by atoms with Gasteiger partial charge in [0.25, 0.3) is 5.91 Å². The van der Waals surface area contributed by atoms with Gasteiger partial charge in [-0.3, -0.25) is 9.59 Å². The molecule has 0 bridgehead atoms. The van der Waals surface area contributed by atoms with Gasteiger partial charge in [-0.1, -0.05) is 19.8 Å². The van der Waals surface area contributed by atoms with Crippen LogP contribution in [0.15, 0.2) is 23.0 Å². The molecule has 0 spiro atoms. The monoisotopic (exact) mass is 292 g/mol. The second-order valence-electron chi connectivity index (χ2n) is 5.99. The Labute approximate surface area is 125 Å². The van der Waals surface area contributed by atoms with E-state index in [0.29, 0.717) is 11.5 Å².